The van der Waals surface area contributed by atoms with Crippen LogP contribution in [-0.4, -0.2) is 29.0 Å². The molecule has 0 unspecified atom stereocenters. The molecule has 0 atom stereocenters. The van der Waals surface area contributed by atoms with E-state index < -0.39 is 0 Å². The summed E-state index contributed by atoms with van der Waals surface area (Å²) in [7, 11) is 3.87. The third-order valence-corrected chi connectivity index (χ3v) is 1.76. The molecule has 2 aromatic heterocycles. The van der Waals surface area contributed by atoms with Gasteiger partial charge in [-0.05, 0) is 12.1 Å². The first-order chi connectivity index (χ1) is 6.27. The van der Waals surface area contributed by atoms with Crippen LogP contribution in [-0.2, 0) is 0 Å². The highest BCUT2D eigenvalue weighted by molar-refractivity contribution is 5.70. The molecule has 0 spiro atoms. The van der Waals surface area contributed by atoms with Gasteiger partial charge in [0.2, 0.25) is 0 Å². The molecule has 66 valence electrons. The van der Waals surface area contributed by atoms with Crippen molar-refractivity contribution in [1.82, 2.24) is 15.0 Å². The lowest BCUT2D eigenvalue weighted by Gasteiger charge is -2.09. The third kappa shape index (κ3) is 1.42. The molecule has 13 heavy (non-hydrogen) atoms. The Bertz CT molecular complexity index is 425. The van der Waals surface area contributed by atoms with Crippen LogP contribution in [0.15, 0.2) is 24.5 Å². The minimum atomic E-state index is 0.688. The Hall–Kier alpha value is -1.71. The molecular formula is C9H10N4. The maximum Gasteiger partial charge on any atom is 0.178 e. The van der Waals surface area contributed by atoms with Gasteiger partial charge in [0.15, 0.2) is 5.65 Å². The van der Waals surface area contributed by atoms with Crippen molar-refractivity contribution in [3.8, 4) is 0 Å². The van der Waals surface area contributed by atoms with Gasteiger partial charge in [-0.1, -0.05) is 0 Å². The summed E-state index contributed by atoms with van der Waals surface area (Å²) in [6.07, 6.45) is 3.43. The van der Waals surface area contributed by atoms with Gasteiger partial charge < -0.3 is 4.90 Å². The average Bonchev–Trinajstić information content (AvgIpc) is 2.17. The lowest BCUT2D eigenvalue weighted by molar-refractivity contribution is 1.06. The maximum atomic E-state index is 4.38. The number of hydrogen-bond acceptors (Lipinski definition) is 4. The van der Waals surface area contributed by atoms with Crippen molar-refractivity contribution < 1.29 is 0 Å². The van der Waals surface area contributed by atoms with Crippen LogP contribution >= 0.6 is 0 Å². The van der Waals surface area contributed by atoms with Crippen molar-refractivity contribution in [3.63, 3.8) is 0 Å². The van der Waals surface area contributed by atoms with Crippen LogP contribution in [0.2, 0.25) is 0 Å². The van der Waals surface area contributed by atoms with Gasteiger partial charge in [0, 0.05) is 20.3 Å². The fourth-order valence-electron chi connectivity index (χ4n) is 1.06. The third-order valence-electron chi connectivity index (χ3n) is 1.76. The molecule has 0 aliphatic heterocycles. The van der Waals surface area contributed by atoms with Crippen LogP contribution in [0.4, 0.5) is 5.82 Å². The standard InChI is InChI=1S/C9H10N4/c1-13(2)8-6-11-9-7(12-8)4-3-5-10-9/h3-6H,1-2H3. The van der Waals surface area contributed by atoms with Crippen LogP contribution in [0.1, 0.15) is 0 Å². The average molecular weight is 174 g/mol. The van der Waals surface area contributed by atoms with Crippen LogP contribution in [0.5, 0.6) is 0 Å². The fraction of sp³-hybridized carbons (Fsp3) is 0.222. The quantitative estimate of drug-likeness (QED) is 0.649. The number of nitrogens with zero attached hydrogens (tertiary/aromatic N) is 4. The topological polar surface area (TPSA) is 41.9 Å². The van der Waals surface area contributed by atoms with Crippen LogP contribution < -0.4 is 4.90 Å². The number of aromatic nitrogens is 3. The smallest absolute Gasteiger partial charge is 0.178 e. The van der Waals surface area contributed by atoms with E-state index in [-0.39, 0.29) is 0 Å². The molecule has 2 aromatic rings. The van der Waals surface area contributed by atoms with Crippen molar-refractivity contribution >= 4 is 17.0 Å². The Morgan fingerprint density at radius 1 is 1.23 bits per heavy atom. The van der Waals surface area contributed by atoms with E-state index in [1.165, 1.54) is 0 Å². The summed E-state index contributed by atoms with van der Waals surface area (Å²) in [5.41, 5.74) is 1.52. The monoisotopic (exact) mass is 174 g/mol. The molecular weight excluding hydrogens is 164 g/mol. The van der Waals surface area contributed by atoms with Crippen molar-refractivity contribution in [3.05, 3.63) is 24.5 Å². The molecule has 2 rings (SSSR count). The first-order valence-corrected chi connectivity index (χ1v) is 4.02. The molecule has 0 fully saturated rings. The number of anilines is 1. The van der Waals surface area contributed by atoms with E-state index in [4.69, 9.17) is 0 Å². The van der Waals surface area contributed by atoms with Crippen molar-refractivity contribution in [1.29, 1.82) is 0 Å². The molecule has 4 nitrogen and oxygen atoms in total. The molecule has 0 bridgehead atoms. The Balaban J connectivity index is 2.62. The summed E-state index contributed by atoms with van der Waals surface area (Å²) in [4.78, 5) is 14.6. The Kier molecular flexibility index (Phi) is 1.81. The van der Waals surface area contributed by atoms with Gasteiger partial charge in [-0.3, -0.25) is 0 Å². The van der Waals surface area contributed by atoms with Gasteiger partial charge in [-0.25, -0.2) is 15.0 Å². The zero-order valence-corrected chi connectivity index (χ0v) is 7.60. The number of hydrogen-bond donors (Lipinski definition) is 0. The fourth-order valence-corrected chi connectivity index (χ4v) is 1.06. The predicted octanol–water partition coefficient (Wildman–Crippen LogP) is 1.09. The summed E-state index contributed by atoms with van der Waals surface area (Å²) in [6.45, 7) is 0. The second-order valence-corrected chi connectivity index (χ2v) is 2.97. The Labute approximate surface area is 76.3 Å². The molecule has 4 heteroatoms. The van der Waals surface area contributed by atoms with Gasteiger partial charge in [-0.15, -0.1) is 0 Å². The molecule has 0 saturated carbocycles. The largest absolute Gasteiger partial charge is 0.361 e. The predicted molar refractivity (Wildman–Crippen MR) is 51.7 cm³/mol. The lowest BCUT2D eigenvalue weighted by atomic mass is 10.4. The lowest BCUT2D eigenvalue weighted by Crippen LogP contribution is -2.10. The summed E-state index contributed by atoms with van der Waals surface area (Å²) in [5.74, 6) is 0.848. The summed E-state index contributed by atoms with van der Waals surface area (Å²) >= 11 is 0. The first kappa shape index (κ1) is 7.91. The highest BCUT2D eigenvalue weighted by atomic mass is 15.1. The molecule has 2 heterocycles. The molecule has 0 aromatic carbocycles. The van der Waals surface area contributed by atoms with E-state index in [1.807, 2.05) is 31.1 Å². The maximum absolute atomic E-state index is 4.38. The first-order valence-electron chi connectivity index (χ1n) is 4.02. The van der Waals surface area contributed by atoms with Crippen molar-refractivity contribution in [2.75, 3.05) is 19.0 Å². The Morgan fingerprint density at radius 2 is 2.08 bits per heavy atom. The second kappa shape index (κ2) is 2.97. The molecule has 0 saturated heterocycles. The van der Waals surface area contributed by atoms with Gasteiger partial charge >= 0.3 is 0 Å². The minimum Gasteiger partial charge on any atom is -0.361 e. The van der Waals surface area contributed by atoms with Crippen LogP contribution in [0, 0.1) is 0 Å². The molecule has 0 radical (unpaired) electrons. The van der Waals surface area contributed by atoms with Gasteiger partial charge in [-0.2, -0.15) is 0 Å². The molecule has 0 aliphatic rings. The highest BCUT2D eigenvalue weighted by Crippen LogP contribution is 2.10. The normalized spacial score (nSPS) is 10.3. The van der Waals surface area contributed by atoms with Gasteiger partial charge in [0.1, 0.15) is 11.3 Å². The highest BCUT2D eigenvalue weighted by Gasteiger charge is 2.00. The molecule has 0 amide bonds. The minimum absolute atomic E-state index is 0.688. The van der Waals surface area contributed by atoms with Crippen LogP contribution in [0.25, 0.3) is 11.2 Å². The van der Waals surface area contributed by atoms with E-state index in [0.29, 0.717) is 5.65 Å². The van der Waals surface area contributed by atoms with Crippen molar-refractivity contribution in [2.45, 2.75) is 0 Å². The summed E-state index contributed by atoms with van der Waals surface area (Å²) in [6, 6.07) is 3.76. The van der Waals surface area contributed by atoms with E-state index in [0.717, 1.165) is 11.3 Å². The zero-order valence-electron chi connectivity index (χ0n) is 7.60. The van der Waals surface area contributed by atoms with E-state index in [2.05, 4.69) is 15.0 Å². The van der Waals surface area contributed by atoms with E-state index in [1.54, 1.807) is 12.4 Å². The summed E-state index contributed by atoms with van der Waals surface area (Å²) < 4.78 is 0. The van der Waals surface area contributed by atoms with Crippen LogP contribution in [0.3, 0.4) is 0 Å². The number of fused-ring (bicyclic) bond motifs is 1. The molecule has 0 N–H and O–H groups in total. The van der Waals surface area contributed by atoms with E-state index in [9.17, 15) is 0 Å². The summed E-state index contributed by atoms with van der Waals surface area (Å²) in [5, 5.41) is 0. The zero-order chi connectivity index (χ0) is 9.26. The second-order valence-electron chi connectivity index (χ2n) is 2.97. The SMILES string of the molecule is CN(C)c1cnc2ncccc2n1. The van der Waals surface area contributed by atoms with Crippen molar-refractivity contribution in [2.24, 2.45) is 0 Å². The van der Waals surface area contributed by atoms with E-state index >= 15 is 0 Å². The number of pyridine rings is 1. The van der Waals surface area contributed by atoms with Gasteiger partial charge in [0.05, 0.1) is 6.20 Å². The van der Waals surface area contributed by atoms with Gasteiger partial charge in [0.25, 0.3) is 0 Å². The Morgan fingerprint density at radius 3 is 2.85 bits per heavy atom. The number of rotatable bonds is 1. The molecule has 0 aliphatic carbocycles.